The first-order valence-electron chi connectivity index (χ1n) is 5.86. The Hall–Kier alpha value is -1.35. The van der Waals surface area contributed by atoms with Crippen LogP contribution in [0.3, 0.4) is 0 Å². The van der Waals surface area contributed by atoms with Crippen LogP contribution in [0.1, 0.15) is 17.5 Å². The molecule has 2 aliphatic rings. The van der Waals surface area contributed by atoms with Crippen molar-refractivity contribution in [3.8, 4) is 0 Å². The Morgan fingerprint density at radius 3 is 3.06 bits per heavy atom. The van der Waals surface area contributed by atoms with Crippen LogP contribution in [0.5, 0.6) is 0 Å². The molecule has 1 fully saturated rings. The quantitative estimate of drug-likeness (QED) is 0.772. The van der Waals surface area contributed by atoms with Crippen molar-refractivity contribution in [3.63, 3.8) is 0 Å². The molecule has 3 nitrogen and oxygen atoms in total. The van der Waals surface area contributed by atoms with E-state index < -0.39 is 0 Å². The summed E-state index contributed by atoms with van der Waals surface area (Å²) < 4.78 is 5.94. The molecule has 1 aromatic rings. The van der Waals surface area contributed by atoms with Crippen molar-refractivity contribution in [1.82, 2.24) is 5.32 Å². The highest BCUT2D eigenvalue weighted by Crippen LogP contribution is 2.23. The molecular formula is C13H16N2O. The Bertz CT molecular complexity index is 428. The second kappa shape index (κ2) is 3.91. The summed E-state index contributed by atoms with van der Waals surface area (Å²) in [6.07, 6.45) is 1.35. The number of rotatable bonds is 1. The Kier molecular flexibility index (Phi) is 2.40. The summed E-state index contributed by atoms with van der Waals surface area (Å²) in [5.74, 6) is 0.830. The average Bonchev–Trinajstić information content (AvgIpc) is 2.73. The van der Waals surface area contributed by atoms with Crippen LogP contribution in [0.15, 0.2) is 29.3 Å². The first-order chi connectivity index (χ1) is 7.84. The number of aryl methyl sites for hydroxylation is 1. The summed E-state index contributed by atoms with van der Waals surface area (Å²) in [6.45, 7) is 4.08. The second-order valence-corrected chi connectivity index (χ2v) is 4.47. The number of hydrogen-bond donors (Lipinski definition) is 1. The monoisotopic (exact) mass is 216 g/mol. The molecule has 3 heteroatoms. The van der Waals surface area contributed by atoms with Crippen LogP contribution in [0, 0.1) is 6.92 Å². The minimum Gasteiger partial charge on any atom is -0.472 e. The maximum atomic E-state index is 5.94. The van der Waals surface area contributed by atoms with Gasteiger partial charge in [-0.2, -0.15) is 0 Å². The lowest BCUT2D eigenvalue weighted by atomic mass is 10.1. The Morgan fingerprint density at radius 2 is 2.25 bits per heavy atom. The molecule has 2 atom stereocenters. The van der Waals surface area contributed by atoms with E-state index in [0.717, 1.165) is 31.0 Å². The molecule has 2 unspecified atom stereocenters. The van der Waals surface area contributed by atoms with Crippen molar-refractivity contribution in [2.75, 3.05) is 13.1 Å². The van der Waals surface area contributed by atoms with Crippen molar-refractivity contribution < 1.29 is 4.74 Å². The number of nitrogens with zero attached hydrogens (tertiary/aromatic N) is 1. The largest absolute Gasteiger partial charge is 0.472 e. The van der Waals surface area contributed by atoms with Gasteiger partial charge in [-0.3, -0.25) is 0 Å². The summed E-state index contributed by atoms with van der Waals surface area (Å²) in [6, 6.07) is 8.57. The van der Waals surface area contributed by atoms with Gasteiger partial charge >= 0.3 is 0 Å². The van der Waals surface area contributed by atoms with Gasteiger partial charge in [0.05, 0.1) is 0 Å². The fourth-order valence-corrected chi connectivity index (χ4v) is 2.35. The van der Waals surface area contributed by atoms with Crippen LogP contribution in [0.2, 0.25) is 0 Å². The highest BCUT2D eigenvalue weighted by atomic mass is 16.5. The molecule has 1 saturated heterocycles. The van der Waals surface area contributed by atoms with E-state index >= 15 is 0 Å². The highest BCUT2D eigenvalue weighted by molar-refractivity contribution is 5.96. The van der Waals surface area contributed by atoms with E-state index in [-0.39, 0.29) is 6.10 Å². The molecule has 0 aliphatic carbocycles. The lowest BCUT2D eigenvalue weighted by Gasteiger charge is -2.23. The first kappa shape index (κ1) is 9.85. The summed E-state index contributed by atoms with van der Waals surface area (Å²) in [7, 11) is 0. The third-order valence-corrected chi connectivity index (χ3v) is 3.31. The number of piperidine rings is 1. The van der Waals surface area contributed by atoms with E-state index in [2.05, 4.69) is 29.4 Å². The number of benzene rings is 1. The molecule has 0 bridgehead atoms. The third-order valence-electron chi connectivity index (χ3n) is 3.31. The lowest BCUT2D eigenvalue weighted by Crippen LogP contribution is -2.41. The van der Waals surface area contributed by atoms with Gasteiger partial charge in [-0.05, 0) is 31.5 Å². The number of fused-ring (bicyclic) bond motifs is 1. The van der Waals surface area contributed by atoms with E-state index in [9.17, 15) is 0 Å². The zero-order chi connectivity index (χ0) is 11.0. The fraction of sp³-hybridized carbons (Fsp3) is 0.462. The summed E-state index contributed by atoms with van der Waals surface area (Å²) in [4.78, 5) is 4.67. The highest BCUT2D eigenvalue weighted by Gasteiger charge is 2.33. The Balaban J connectivity index is 1.89. The van der Waals surface area contributed by atoms with Crippen LogP contribution in [-0.4, -0.2) is 31.1 Å². The maximum Gasteiger partial charge on any atom is 0.217 e. The SMILES string of the molecule is Cc1ccccc1C1=NC2CNCCC2O1. The molecule has 0 amide bonds. The van der Waals surface area contributed by atoms with Gasteiger partial charge in [0, 0.05) is 12.1 Å². The van der Waals surface area contributed by atoms with Gasteiger partial charge in [-0.25, -0.2) is 4.99 Å². The minimum absolute atomic E-state index is 0.288. The van der Waals surface area contributed by atoms with E-state index in [4.69, 9.17) is 4.74 Å². The maximum absolute atomic E-state index is 5.94. The number of hydrogen-bond acceptors (Lipinski definition) is 3. The van der Waals surface area contributed by atoms with E-state index in [1.54, 1.807) is 0 Å². The van der Waals surface area contributed by atoms with Crippen molar-refractivity contribution in [3.05, 3.63) is 35.4 Å². The molecule has 0 aromatic heterocycles. The van der Waals surface area contributed by atoms with Gasteiger partial charge in [0.2, 0.25) is 5.90 Å². The van der Waals surface area contributed by atoms with E-state index in [1.807, 2.05) is 12.1 Å². The van der Waals surface area contributed by atoms with Crippen molar-refractivity contribution in [2.24, 2.45) is 4.99 Å². The van der Waals surface area contributed by atoms with Gasteiger partial charge < -0.3 is 10.1 Å². The predicted octanol–water partition coefficient (Wildman–Crippen LogP) is 1.50. The number of aliphatic imine (C=N–C) groups is 1. The van der Waals surface area contributed by atoms with Crippen LogP contribution in [0.25, 0.3) is 0 Å². The van der Waals surface area contributed by atoms with Crippen LogP contribution in [0.4, 0.5) is 0 Å². The number of ether oxygens (including phenoxy) is 1. The van der Waals surface area contributed by atoms with Crippen LogP contribution in [-0.2, 0) is 4.74 Å². The predicted molar refractivity (Wildman–Crippen MR) is 63.9 cm³/mol. The van der Waals surface area contributed by atoms with Crippen LogP contribution >= 0.6 is 0 Å². The molecule has 3 rings (SSSR count). The van der Waals surface area contributed by atoms with Crippen molar-refractivity contribution in [1.29, 1.82) is 0 Å². The molecule has 84 valence electrons. The second-order valence-electron chi connectivity index (χ2n) is 4.47. The molecule has 0 radical (unpaired) electrons. The average molecular weight is 216 g/mol. The number of nitrogens with one attached hydrogen (secondary N) is 1. The molecule has 16 heavy (non-hydrogen) atoms. The summed E-state index contributed by atoms with van der Waals surface area (Å²) in [5, 5.41) is 3.36. The van der Waals surface area contributed by atoms with Gasteiger partial charge in [-0.1, -0.05) is 18.2 Å². The smallest absolute Gasteiger partial charge is 0.217 e. The zero-order valence-electron chi connectivity index (χ0n) is 9.44. The van der Waals surface area contributed by atoms with Gasteiger partial charge in [-0.15, -0.1) is 0 Å². The molecule has 0 spiro atoms. The minimum atomic E-state index is 0.288. The molecule has 2 heterocycles. The standard InChI is InChI=1S/C13H16N2O/c1-9-4-2-3-5-10(9)13-15-11-8-14-7-6-12(11)16-13/h2-5,11-12,14H,6-8H2,1H3. The summed E-state index contributed by atoms with van der Waals surface area (Å²) >= 11 is 0. The van der Waals surface area contributed by atoms with Crippen molar-refractivity contribution in [2.45, 2.75) is 25.5 Å². The third kappa shape index (κ3) is 1.61. The fourth-order valence-electron chi connectivity index (χ4n) is 2.35. The van der Waals surface area contributed by atoms with Crippen molar-refractivity contribution >= 4 is 5.90 Å². The Labute approximate surface area is 95.5 Å². The van der Waals surface area contributed by atoms with Gasteiger partial charge in [0.25, 0.3) is 0 Å². The van der Waals surface area contributed by atoms with E-state index in [1.165, 1.54) is 5.56 Å². The van der Waals surface area contributed by atoms with Gasteiger partial charge in [0.15, 0.2) is 0 Å². The van der Waals surface area contributed by atoms with Crippen LogP contribution < -0.4 is 5.32 Å². The Morgan fingerprint density at radius 1 is 1.38 bits per heavy atom. The normalized spacial score (nSPS) is 28.2. The molecule has 1 N–H and O–H groups in total. The summed E-state index contributed by atoms with van der Waals surface area (Å²) in [5.41, 5.74) is 2.37. The first-order valence-corrected chi connectivity index (χ1v) is 5.86. The zero-order valence-corrected chi connectivity index (χ0v) is 9.44. The topological polar surface area (TPSA) is 33.6 Å². The molecule has 1 aromatic carbocycles. The lowest BCUT2D eigenvalue weighted by molar-refractivity contribution is 0.161. The molecule has 0 saturated carbocycles. The van der Waals surface area contributed by atoms with Gasteiger partial charge in [0.1, 0.15) is 12.1 Å². The van der Waals surface area contributed by atoms with E-state index in [0.29, 0.717) is 6.04 Å². The molecular weight excluding hydrogens is 200 g/mol. The molecule has 2 aliphatic heterocycles.